The second-order valence-electron chi connectivity index (χ2n) is 10.6. The van der Waals surface area contributed by atoms with Crippen molar-refractivity contribution in [2.75, 3.05) is 12.4 Å². The first-order valence-corrected chi connectivity index (χ1v) is 16.3. The Kier molecular flexibility index (Phi) is 10.0. The van der Waals surface area contributed by atoms with Gasteiger partial charge in [-0.2, -0.15) is 4.98 Å². The molecule has 2 heterocycles. The molecule has 0 radical (unpaired) electrons. The summed E-state index contributed by atoms with van der Waals surface area (Å²) < 4.78 is 33.5. The van der Waals surface area contributed by atoms with Gasteiger partial charge in [0.15, 0.2) is 11.5 Å². The molecule has 0 fully saturated rings. The summed E-state index contributed by atoms with van der Waals surface area (Å²) in [6.07, 6.45) is 0. The van der Waals surface area contributed by atoms with Crippen LogP contribution in [0.2, 0.25) is 10.0 Å². The monoisotopic (exact) mass is 690 g/mol. The Morgan fingerprint density at radius 1 is 0.957 bits per heavy atom. The van der Waals surface area contributed by atoms with Gasteiger partial charge in [0.05, 0.1) is 17.7 Å². The van der Waals surface area contributed by atoms with E-state index in [9.17, 15) is 9.18 Å². The first-order chi connectivity index (χ1) is 22.8. The predicted octanol–water partition coefficient (Wildman–Crippen LogP) is 8.64. The molecule has 5 aromatic rings. The van der Waals surface area contributed by atoms with Gasteiger partial charge in [0.2, 0.25) is 11.1 Å². The highest BCUT2D eigenvalue weighted by molar-refractivity contribution is 7.98. The van der Waals surface area contributed by atoms with Gasteiger partial charge in [-0.15, -0.1) is 5.10 Å². The van der Waals surface area contributed by atoms with E-state index in [2.05, 4.69) is 5.32 Å². The zero-order valence-electron chi connectivity index (χ0n) is 25.4. The number of anilines is 1. The number of carbonyl (C=O) groups excluding carboxylic acids is 1. The summed E-state index contributed by atoms with van der Waals surface area (Å²) in [5.41, 5.74) is 3.64. The van der Waals surface area contributed by atoms with E-state index in [1.807, 2.05) is 54.6 Å². The number of nitrogens with zero attached hydrogens (tertiary/aromatic N) is 3. The number of hydrogen-bond donors (Lipinski definition) is 1. The van der Waals surface area contributed by atoms with Gasteiger partial charge in [-0.25, -0.2) is 13.9 Å². The highest BCUT2D eigenvalue weighted by Crippen LogP contribution is 2.40. The average molecular weight is 692 g/mol. The minimum atomic E-state index is -0.722. The zero-order valence-corrected chi connectivity index (χ0v) is 27.7. The molecule has 0 saturated carbocycles. The van der Waals surface area contributed by atoms with Crippen molar-refractivity contribution in [1.82, 2.24) is 14.8 Å². The van der Waals surface area contributed by atoms with E-state index in [1.165, 1.54) is 31.0 Å². The van der Waals surface area contributed by atoms with E-state index in [-0.39, 0.29) is 23.8 Å². The van der Waals surface area contributed by atoms with Crippen LogP contribution in [0.15, 0.2) is 107 Å². The summed E-state index contributed by atoms with van der Waals surface area (Å²) in [4.78, 5) is 18.5. The number of hydrogen-bond acceptors (Lipinski definition) is 8. The predicted molar refractivity (Wildman–Crippen MR) is 180 cm³/mol. The number of aromatic nitrogens is 3. The summed E-state index contributed by atoms with van der Waals surface area (Å²) >= 11 is 14.0. The van der Waals surface area contributed by atoms with E-state index in [0.29, 0.717) is 50.2 Å². The molecule has 1 N–H and O–H groups in total. The third-order valence-corrected chi connectivity index (χ3v) is 9.13. The molecular weight excluding hydrogens is 662 g/mol. The Labute approximate surface area is 285 Å². The van der Waals surface area contributed by atoms with Crippen molar-refractivity contribution >= 4 is 46.9 Å². The van der Waals surface area contributed by atoms with Crippen LogP contribution in [0.4, 0.5) is 10.3 Å². The van der Waals surface area contributed by atoms with Gasteiger partial charge in [-0.1, -0.05) is 95.6 Å². The minimum absolute atomic E-state index is 0.0982. The van der Waals surface area contributed by atoms with Crippen molar-refractivity contribution in [3.63, 3.8) is 0 Å². The largest absolute Gasteiger partial charge is 0.493 e. The number of carbonyl (C=O) groups is 1. The molecule has 1 aromatic heterocycles. The highest BCUT2D eigenvalue weighted by atomic mass is 35.5. The molecule has 0 amide bonds. The molecule has 1 atom stereocenters. The molecule has 240 valence electrons. The SMILES string of the molecule is COc1cc(C2C(C(=O)OCc3ccccc3)=C(C)Nc3nc(SCc4ccccc4Cl)nn32)ccc1OCc1c(F)cccc1Cl. The first kappa shape index (κ1) is 32.4. The second kappa shape index (κ2) is 14.5. The number of nitrogens with one attached hydrogen (secondary N) is 1. The standard InChI is InChI=1S/C35H29Cl2FN4O4S/c1-21-31(33(43)46-18-22-9-4-3-5-10-22)32(42-34(39-21)40-35(41-42)47-20-24-11-6-7-12-26(24)36)23-15-16-29(30(17-23)44-2)45-19-25-27(37)13-8-14-28(25)38/h3-17,32H,18-20H2,1-2H3,(H,39,40,41). The molecule has 1 aliphatic heterocycles. The second-order valence-corrected chi connectivity index (χ2v) is 12.3. The number of fused-ring (bicyclic) bond motifs is 1. The van der Waals surface area contributed by atoms with E-state index < -0.39 is 17.8 Å². The van der Waals surface area contributed by atoms with Crippen molar-refractivity contribution in [3.05, 3.63) is 140 Å². The van der Waals surface area contributed by atoms with Gasteiger partial charge in [-0.3, -0.25) is 0 Å². The molecule has 0 spiro atoms. The molecule has 1 aliphatic rings. The van der Waals surface area contributed by atoms with Crippen LogP contribution in [0.3, 0.4) is 0 Å². The summed E-state index contributed by atoms with van der Waals surface area (Å²) in [6.45, 7) is 1.79. The van der Waals surface area contributed by atoms with Gasteiger partial charge in [0.1, 0.15) is 25.1 Å². The lowest BCUT2D eigenvalue weighted by atomic mass is 9.95. The van der Waals surface area contributed by atoms with Gasteiger partial charge in [-0.05, 0) is 53.9 Å². The summed E-state index contributed by atoms with van der Waals surface area (Å²) in [6, 6.07) is 26.1. The number of esters is 1. The molecule has 0 saturated heterocycles. The number of rotatable bonds is 11. The number of halogens is 3. The molecule has 0 bridgehead atoms. The number of benzene rings is 4. The quantitative estimate of drug-likeness (QED) is 0.109. The Morgan fingerprint density at radius 3 is 2.49 bits per heavy atom. The molecule has 12 heteroatoms. The highest BCUT2D eigenvalue weighted by Gasteiger charge is 2.36. The minimum Gasteiger partial charge on any atom is -0.493 e. The maximum atomic E-state index is 14.4. The Hall–Kier alpha value is -4.51. The fraction of sp³-hybridized carbons (Fsp3) is 0.171. The smallest absolute Gasteiger partial charge is 0.338 e. The van der Waals surface area contributed by atoms with Gasteiger partial charge in [0.25, 0.3) is 0 Å². The van der Waals surface area contributed by atoms with Crippen LogP contribution in [-0.4, -0.2) is 27.8 Å². The van der Waals surface area contributed by atoms with Crippen molar-refractivity contribution in [2.45, 2.75) is 37.1 Å². The first-order valence-electron chi connectivity index (χ1n) is 14.6. The molecule has 1 unspecified atom stereocenters. The van der Waals surface area contributed by atoms with Crippen molar-refractivity contribution in [1.29, 1.82) is 0 Å². The van der Waals surface area contributed by atoms with Crippen molar-refractivity contribution in [2.24, 2.45) is 0 Å². The maximum Gasteiger partial charge on any atom is 0.338 e. The fourth-order valence-corrected chi connectivity index (χ4v) is 6.45. The lowest BCUT2D eigenvalue weighted by Crippen LogP contribution is -2.29. The summed E-state index contributed by atoms with van der Waals surface area (Å²) in [7, 11) is 1.50. The third kappa shape index (κ3) is 7.25. The van der Waals surface area contributed by atoms with E-state index >= 15 is 0 Å². The topological polar surface area (TPSA) is 87.5 Å². The Bertz CT molecular complexity index is 1930. The summed E-state index contributed by atoms with van der Waals surface area (Å²) in [5.74, 6) is 0.777. The van der Waals surface area contributed by atoms with Crippen LogP contribution in [0, 0.1) is 5.82 Å². The van der Waals surface area contributed by atoms with Gasteiger partial charge < -0.3 is 19.5 Å². The number of methoxy groups -OCH3 is 1. The summed E-state index contributed by atoms with van der Waals surface area (Å²) in [5, 5.41) is 9.46. The molecule has 8 nitrogen and oxygen atoms in total. The average Bonchev–Trinajstić information content (AvgIpc) is 3.48. The lowest BCUT2D eigenvalue weighted by Gasteiger charge is -2.28. The van der Waals surface area contributed by atoms with Gasteiger partial charge in [0, 0.05) is 22.0 Å². The van der Waals surface area contributed by atoms with Crippen LogP contribution >= 0.6 is 35.0 Å². The van der Waals surface area contributed by atoms with Crippen LogP contribution in [-0.2, 0) is 28.5 Å². The van der Waals surface area contributed by atoms with Crippen LogP contribution in [0.1, 0.15) is 35.2 Å². The maximum absolute atomic E-state index is 14.4. The lowest BCUT2D eigenvalue weighted by molar-refractivity contribution is -0.140. The fourth-order valence-electron chi connectivity index (χ4n) is 5.12. The Morgan fingerprint density at radius 2 is 1.72 bits per heavy atom. The van der Waals surface area contributed by atoms with Crippen LogP contribution < -0.4 is 14.8 Å². The third-order valence-electron chi connectivity index (χ3n) is 7.52. The number of thioether (sulfide) groups is 1. The number of ether oxygens (including phenoxy) is 3. The van der Waals surface area contributed by atoms with E-state index in [4.69, 9.17) is 47.5 Å². The van der Waals surface area contributed by atoms with Crippen LogP contribution in [0.5, 0.6) is 11.5 Å². The van der Waals surface area contributed by atoms with Crippen molar-refractivity contribution in [3.8, 4) is 11.5 Å². The van der Waals surface area contributed by atoms with Crippen LogP contribution in [0.25, 0.3) is 0 Å². The molecular formula is C35H29Cl2FN4O4S. The normalized spacial score (nSPS) is 13.9. The van der Waals surface area contributed by atoms with Crippen molar-refractivity contribution < 1.29 is 23.4 Å². The molecule has 6 rings (SSSR count). The zero-order chi connectivity index (χ0) is 32.9. The van der Waals surface area contributed by atoms with E-state index in [1.54, 1.807) is 35.9 Å². The molecule has 4 aromatic carbocycles. The number of allylic oxidation sites excluding steroid dienone is 1. The molecule has 0 aliphatic carbocycles. The Balaban J connectivity index is 1.33. The molecule has 47 heavy (non-hydrogen) atoms. The van der Waals surface area contributed by atoms with Gasteiger partial charge >= 0.3 is 5.97 Å². The van der Waals surface area contributed by atoms with E-state index in [0.717, 1.165) is 11.1 Å².